The number of fused-ring (bicyclic) bond motifs is 1. The quantitative estimate of drug-likeness (QED) is 0.544. The predicted octanol–water partition coefficient (Wildman–Crippen LogP) is 2.02. The first-order chi connectivity index (χ1) is 6.83. The standard InChI is InChI=1S/C11H8O2S/c12-7-13-10-6-5-8-3-1-2-4-9(8)11(10)14/h1-4,6-7H,5H2. The average Bonchev–Trinajstić information content (AvgIpc) is 2.23. The van der Waals surface area contributed by atoms with Crippen molar-refractivity contribution in [1.29, 1.82) is 0 Å². The van der Waals surface area contributed by atoms with E-state index < -0.39 is 0 Å². The van der Waals surface area contributed by atoms with E-state index in [4.69, 9.17) is 17.0 Å². The van der Waals surface area contributed by atoms with E-state index in [2.05, 4.69) is 0 Å². The lowest BCUT2D eigenvalue weighted by molar-refractivity contribution is -0.124. The van der Waals surface area contributed by atoms with Crippen LogP contribution in [0, 0.1) is 0 Å². The molecule has 0 bridgehead atoms. The van der Waals surface area contributed by atoms with Gasteiger partial charge in [0.1, 0.15) is 5.76 Å². The molecule has 1 aliphatic carbocycles. The Morgan fingerprint density at radius 1 is 1.36 bits per heavy atom. The summed E-state index contributed by atoms with van der Waals surface area (Å²) in [6.07, 6.45) is 2.60. The van der Waals surface area contributed by atoms with Crippen molar-refractivity contribution < 1.29 is 9.53 Å². The number of hydrogen-bond acceptors (Lipinski definition) is 3. The molecule has 1 aliphatic rings. The highest BCUT2D eigenvalue weighted by molar-refractivity contribution is 7.81. The van der Waals surface area contributed by atoms with Gasteiger partial charge in [-0.15, -0.1) is 0 Å². The summed E-state index contributed by atoms with van der Waals surface area (Å²) in [7, 11) is 0. The highest BCUT2D eigenvalue weighted by Crippen LogP contribution is 2.21. The number of rotatable bonds is 2. The Morgan fingerprint density at radius 3 is 2.93 bits per heavy atom. The summed E-state index contributed by atoms with van der Waals surface area (Å²) in [5, 5.41) is 0. The molecule has 0 saturated heterocycles. The van der Waals surface area contributed by atoms with Gasteiger partial charge in [-0.05, 0) is 23.6 Å². The molecular formula is C11H8O2S. The first kappa shape index (κ1) is 9.09. The summed E-state index contributed by atoms with van der Waals surface area (Å²) in [6, 6.07) is 7.87. The van der Waals surface area contributed by atoms with E-state index in [0.717, 1.165) is 12.0 Å². The van der Waals surface area contributed by atoms with Gasteiger partial charge in [-0.3, -0.25) is 4.79 Å². The van der Waals surface area contributed by atoms with Crippen molar-refractivity contribution in [1.82, 2.24) is 0 Å². The van der Waals surface area contributed by atoms with Crippen molar-refractivity contribution in [2.45, 2.75) is 6.42 Å². The van der Waals surface area contributed by atoms with Gasteiger partial charge in [-0.1, -0.05) is 36.5 Å². The maximum Gasteiger partial charge on any atom is 0.298 e. The van der Waals surface area contributed by atoms with Gasteiger partial charge in [0, 0.05) is 0 Å². The summed E-state index contributed by atoms with van der Waals surface area (Å²) < 4.78 is 4.79. The van der Waals surface area contributed by atoms with E-state index in [9.17, 15) is 4.79 Å². The van der Waals surface area contributed by atoms with Crippen LogP contribution in [0.25, 0.3) is 0 Å². The van der Waals surface area contributed by atoms with Crippen molar-refractivity contribution in [3.05, 3.63) is 47.2 Å². The van der Waals surface area contributed by atoms with Crippen LogP contribution in [0.3, 0.4) is 0 Å². The zero-order chi connectivity index (χ0) is 9.97. The Kier molecular flexibility index (Phi) is 2.41. The molecule has 0 aliphatic heterocycles. The van der Waals surface area contributed by atoms with E-state index in [0.29, 0.717) is 17.1 Å². The molecule has 0 radical (unpaired) electrons. The van der Waals surface area contributed by atoms with Crippen LogP contribution in [0.2, 0.25) is 0 Å². The molecule has 0 amide bonds. The highest BCUT2D eigenvalue weighted by Gasteiger charge is 2.17. The van der Waals surface area contributed by atoms with Crippen LogP contribution in [-0.2, 0) is 16.0 Å². The molecule has 14 heavy (non-hydrogen) atoms. The molecule has 0 N–H and O–H groups in total. The zero-order valence-corrected chi connectivity index (χ0v) is 8.21. The fourth-order valence-corrected chi connectivity index (χ4v) is 1.83. The number of allylic oxidation sites excluding steroid dienone is 2. The third kappa shape index (κ3) is 1.46. The molecule has 3 heteroatoms. The molecule has 2 nitrogen and oxygen atoms in total. The number of ether oxygens (including phenoxy) is 1. The van der Waals surface area contributed by atoms with Crippen molar-refractivity contribution in [3.63, 3.8) is 0 Å². The van der Waals surface area contributed by atoms with Gasteiger partial charge in [0.15, 0.2) is 0 Å². The number of hydrogen-bond donors (Lipinski definition) is 0. The molecule has 2 rings (SSSR count). The Bertz CT molecular complexity index is 421. The fourth-order valence-electron chi connectivity index (χ4n) is 1.50. The van der Waals surface area contributed by atoms with Gasteiger partial charge in [0.2, 0.25) is 0 Å². The molecular weight excluding hydrogens is 196 g/mol. The largest absolute Gasteiger partial charge is 0.428 e. The predicted molar refractivity (Wildman–Crippen MR) is 57.1 cm³/mol. The lowest BCUT2D eigenvalue weighted by Gasteiger charge is -2.15. The number of benzene rings is 1. The lowest BCUT2D eigenvalue weighted by atomic mass is 9.96. The van der Waals surface area contributed by atoms with Crippen LogP contribution < -0.4 is 0 Å². The highest BCUT2D eigenvalue weighted by atomic mass is 32.1. The van der Waals surface area contributed by atoms with Gasteiger partial charge < -0.3 is 4.74 Å². The van der Waals surface area contributed by atoms with E-state index in [1.54, 1.807) is 0 Å². The Hall–Kier alpha value is -1.48. The molecule has 0 unspecified atom stereocenters. The summed E-state index contributed by atoms with van der Waals surface area (Å²) in [5.74, 6) is 0.494. The molecule has 1 aromatic rings. The first-order valence-electron chi connectivity index (χ1n) is 4.26. The molecule has 0 fully saturated rings. The summed E-state index contributed by atoms with van der Waals surface area (Å²) in [5.41, 5.74) is 2.16. The lowest BCUT2D eigenvalue weighted by Crippen LogP contribution is -2.12. The minimum absolute atomic E-state index is 0.409. The van der Waals surface area contributed by atoms with Crippen molar-refractivity contribution in [2.75, 3.05) is 0 Å². The van der Waals surface area contributed by atoms with Gasteiger partial charge in [-0.2, -0.15) is 0 Å². The summed E-state index contributed by atoms with van der Waals surface area (Å²) >= 11 is 5.20. The van der Waals surface area contributed by atoms with Gasteiger partial charge in [-0.25, -0.2) is 0 Å². The monoisotopic (exact) mass is 204 g/mol. The summed E-state index contributed by atoms with van der Waals surface area (Å²) in [6.45, 7) is 0.409. The number of carbonyl (C=O) groups excluding carboxylic acids is 1. The van der Waals surface area contributed by atoms with Crippen molar-refractivity contribution >= 4 is 23.6 Å². The minimum atomic E-state index is 0.409. The van der Waals surface area contributed by atoms with Crippen molar-refractivity contribution in [2.24, 2.45) is 0 Å². The average molecular weight is 204 g/mol. The Labute approximate surface area is 87.2 Å². The fraction of sp³-hybridized carbons (Fsp3) is 0.0909. The SMILES string of the molecule is O=COC1=CCc2ccccc2C1=S. The zero-order valence-electron chi connectivity index (χ0n) is 7.40. The molecule has 1 aromatic carbocycles. The van der Waals surface area contributed by atoms with Gasteiger partial charge in [0.25, 0.3) is 6.47 Å². The first-order valence-corrected chi connectivity index (χ1v) is 4.67. The van der Waals surface area contributed by atoms with Crippen LogP contribution in [-0.4, -0.2) is 11.3 Å². The van der Waals surface area contributed by atoms with Crippen LogP contribution >= 0.6 is 12.2 Å². The minimum Gasteiger partial charge on any atom is -0.428 e. The van der Waals surface area contributed by atoms with E-state index in [-0.39, 0.29) is 0 Å². The van der Waals surface area contributed by atoms with E-state index in [1.165, 1.54) is 5.56 Å². The molecule has 0 aromatic heterocycles. The van der Waals surface area contributed by atoms with Gasteiger partial charge >= 0.3 is 0 Å². The molecule has 70 valence electrons. The van der Waals surface area contributed by atoms with Crippen LogP contribution in [0.4, 0.5) is 0 Å². The smallest absolute Gasteiger partial charge is 0.298 e. The van der Waals surface area contributed by atoms with E-state index in [1.807, 2.05) is 30.3 Å². The second kappa shape index (κ2) is 3.72. The topological polar surface area (TPSA) is 26.3 Å². The molecule has 0 spiro atoms. The maximum atomic E-state index is 10.2. The Balaban J connectivity index is 2.39. The van der Waals surface area contributed by atoms with Crippen LogP contribution in [0.1, 0.15) is 11.1 Å². The number of thiocarbonyl (C=S) groups is 1. The Morgan fingerprint density at radius 2 is 2.14 bits per heavy atom. The van der Waals surface area contributed by atoms with E-state index >= 15 is 0 Å². The van der Waals surface area contributed by atoms with Gasteiger partial charge in [0.05, 0.1) is 4.86 Å². The third-order valence-corrected chi connectivity index (χ3v) is 2.59. The molecule has 0 atom stereocenters. The van der Waals surface area contributed by atoms with Crippen LogP contribution in [0.15, 0.2) is 36.1 Å². The van der Waals surface area contributed by atoms with Crippen molar-refractivity contribution in [3.8, 4) is 0 Å². The molecule has 0 saturated carbocycles. The second-order valence-corrected chi connectivity index (χ2v) is 3.38. The normalized spacial score (nSPS) is 14.3. The second-order valence-electron chi connectivity index (χ2n) is 2.97. The third-order valence-electron chi connectivity index (χ3n) is 2.17. The number of carbonyl (C=O) groups is 1. The van der Waals surface area contributed by atoms with Crippen LogP contribution in [0.5, 0.6) is 0 Å². The summed E-state index contributed by atoms with van der Waals surface area (Å²) in [4.78, 5) is 10.8. The molecule has 0 heterocycles. The maximum absolute atomic E-state index is 10.2.